The van der Waals surface area contributed by atoms with Crippen molar-refractivity contribution in [1.29, 1.82) is 0 Å². The summed E-state index contributed by atoms with van der Waals surface area (Å²) >= 11 is 0. The summed E-state index contributed by atoms with van der Waals surface area (Å²) in [5.74, 6) is 6.77. The van der Waals surface area contributed by atoms with Gasteiger partial charge in [0.2, 0.25) is 0 Å². The van der Waals surface area contributed by atoms with Crippen LogP contribution in [0.15, 0.2) is 158 Å². The highest BCUT2D eigenvalue weighted by Gasteiger charge is 2.52. The van der Waals surface area contributed by atoms with E-state index < -0.39 is 0 Å². The predicted molar refractivity (Wildman–Crippen MR) is 293 cm³/mol. The van der Waals surface area contributed by atoms with E-state index in [0.717, 1.165) is 118 Å². The van der Waals surface area contributed by atoms with Gasteiger partial charge in [-0.15, -0.1) is 0 Å². The fourth-order valence-electron chi connectivity index (χ4n) is 12.9. The second-order valence-electron chi connectivity index (χ2n) is 21.5. The van der Waals surface area contributed by atoms with E-state index in [1.54, 1.807) is 0 Å². The first-order valence-electron chi connectivity index (χ1n) is 24.9. The van der Waals surface area contributed by atoms with Crippen molar-refractivity contribution in [3.05, 3.63) is 186 Å². The van der Waals surface area contributed by atoms with Gasteiger partial charge < -0.3 is 28.7 Å². The van der Waals surface area contributed by atoms with Gasteiger partial charge in [0.15, 0.2) is 0 Å². The van der Waals surface area contributed by atoms with Gasteiger partial charge in [0, 0.05) is 57.2 Å². The van der Waals surface area contributed by atoms with Gasteiger partial charge in [-0.1, -0.05) is 99.6 Å². The molecular formula is C62H47B3N2O4. The standard InChI is InChI=1S/C62H47B3N2O4/c1-34-23-35(2)26-39(25-34)66-46-32-55-45(64-42-16-9-11-18-50(42)68-53-21-14-22-54(70-55)59(53)64)31-44(46)65-57-47(66)29-38(62(5,6)7)30-48(57)67(40-27-36(3)24-37(4)28-40)49-33-56-60-61(58(49)65)71-52-20-13-10-17-43(52)63(60)41-15-8-12-19-51(41)69-56/h8-33H,1-7H3. The molecule has 0 atom stereocenters. The Kier molecular flexibility index (Phi) is 8.22. The fourth-order valence-corrected chi connectivity index (χ4v) is 12.9. The molecule has 6 heterocycles. The average molecular weight is 917 g/mol. The number of benzene rings is 9. The van der Waals surface area contributed by atoms with Crippen LogP contribution in [0, 0.1) is 27.7 Å². The summed E-state index contributed by atoms with van der Waals surface area (Å²) in [5.41, 5.74) is 22.6. The summed E-state index contributed by atoms with van der Waals surface area (Å²) in [6.07, 6.45) is 0. The van der Waals surface area contributed by atoms with Crippen molar-refractivity contribution in [3.8, 4) is 46.0 Å². The van der Waals surface area contributed by atoms with Crippen LogP contribution in [0.25, 0.3) is 0 Å². The molecule has 9 heteroatoms. The summed E-state index contributed by atoms with van der Waals surface area (Å²) < 4.78 is 28.4. The predicted octanol–water partition coefficient (Wildman–Crippen LogP) is 9.76. The molecule has 0 N–H and O–H groups in total. The number of fused-ring (bicyclic) bond motifs is 13. The lowest BCUT2D eigenvalue weighted by atomic mass is 9.29. The van der Waals surface area contributed by atoms with Gasteiger partial charge in [-0.2, -0.15) is 0 Å². The van der Waals surface area contributed by atoms with E-state index >= 15 is 0 Å². The van der Waals surface area contributed by atoms with Crippen molar-refractivity contribution in [2.75, 3.05) is 9.80 Å². The van der Waals surface area contributed by atoms with Crippen LogP contribution < -0.4 is 77.9 Å². The number of ether oxygens (including phenoxy) is 4. The molecule has 6 aliphatic rings. The number of hydrogen-bond acceptors (Lipinski definition) is 6. The Morgan fingerprint density at radius 1 is 0.338 bits per heavy atom. The van der Waals surface area contributed by atoms with Gasteiger partial charge in [0.05, 0.1) is 0 Å². The lowest BCUT2D eigenvalue weighted by Gasteiger charge is -2.47. The fraction of sp³-hybridized carbons (Fsp3) is 0.129. The smallest absolute Gasteiger partial charge is 0.260 e. The van der Waals surface area contributed by atoms with Crippen molar-refractivity contribution >= 4 is 103 Å². The largest absolute Gasteiger partial charge is 0.459 e. The second-order valence-corrected chi connectivity index (χ2v) is 21.5. The maximum absolute atomic E-state index is 7.53. The van der Waals surface area contributed by atoms with E-state index in [0.29, 0.717) is 0 Å². The van der Waals surface area contributed by atoms with Crippen LogP contribution in [-0.2, 0) is 5.41 Å². The molecule has 0 spiro atoms. The summed E-state index contributed by atoms with van der Waals surface area (Å²) in [5, 5.41) is 0. The maximum Gasteiger partial charge on any atom is 0.260 e. The Labute approximate surface area is 415 Å². The Hall–Kier alpha value is -8.03. The van der Waals surface area contributed by atoms with E-state index in [9.17, 15) is 0 Å². The summed E-state index contributed by atoms with van der Waals surface area (Å²) in [7, 11) is 0. The van der Waals surface area contributed by atoms with Crippen LogP contribution >= 0.6 is 0 Å². The minimum Gasteiger partial charge on any atom is -0.459 e. The topological polar surface area (TPSA) is 43.4 Å². The first-order valence-corrected chi connectivity index (χ1v) is 24.9. The molecule has 0 radical (unpaired) electrons. The molecule has 0 bridgehead atoms. The molecule has 9 aromatic carbocycles. The summed E-state index contributed by atoms with van der Waals surface area (Å²) in [4.78, 5) is 5.04. The number of para-hydroxylation sites is 3. The van der Waals surface area contributed by atoms with E-state index in [1.165, 1.54) is 38.7 Å². The van der Waals surface area contributed by atoms with Gasteiger partial charge in [-0.25, -0.2) is 0 Å². The Morgan fingerprint density at radius 3 is 1.35 bits per heavy atom. The zero-order valence-electron chi connectivity index (χ0n) is 40.8. The minimum atomic E-state index is -0.274. The SMILES string of the molecule is Cc1cc(C)cc(N2c3cc4c(cc3B3c5c2cc(C(C)(C)C)cc5N(c2cc(C)cc(C)c2)c2cc5c6c(c23)Oc2ccccc2B6c2ccccc2O5)B2c3ccccc3Oc3cccc(c32)O4)c1. The van der Waals surface area contributed by atoms with E-state index in [4.69, 9.17) is 18.9 Å². The second kappa shape index (κ2) is 14.3. The molecule has 0 unspecified atom stereocenters. The molecular weight excluding hydrogens is 869 g/mol. The van der Waals surface area contributed by atoms with Crippen molar-refractivity contribution in [3.63, 3.8) is 0 Å². The van der Waals surface area contributed by atoms with E-state index in [2.05, 4.69) is 210 Å². The highest BCUT2D eigenvalue weighted by molar-refractivity contribution is 7.04. The van der Waals surface area contributed by atoms with Gasteiger partial charge in [0.25, 0.3) is 20.1 Å². The number of anilines is 6. The molecule has 0 aliphatic carbocycles. The van der Waals surface area contributed by atoms with Crippen LogP contribution in [0.2, 0.25) is 0 Å². The van der Waals surface area contributed by atoms with Crippen LogP contribution in [0.3, 0.4) is 0 Å². The van der Waals surface area contributed by atoms with E-state index in [-0.39, 0.29) is 25.6 Å². The third-order valence-corrected chi connectivity index (χ3v) is 15.7. The average Bonchev–Trinajstić information content (AvgIpc) is 3.35. The van der Waals surface area contributed by atoms with Gasteiger partial charge in [0.1, 0.15) is 46.0 Å². The Morgan fingerprint density at radius 2 is 0.789 bits per heavy atom. The highest BCUT2D eigenvalue weighted by Crippen LogP contribution is 2.50. The molecule has 9 aromatic rings. The molecule has 0 saturated heterocycles. The summed E-state index contributed by atoms with van der Waals surface area (Å²) in [6, 6.07) is 57.7. The van der Waals surface area contributed by atoms with Gasteiger partial charge in [-0.05, 0) is 166 Å². The third kappa shape index (κ3) is 5.75. The van der Waals surface area contributed by atoms with Crippen LogP contribution in [-0.4, -0.2) is 20.1 Å². The van der Waals surface area contributed by atoms with Crippen molar-refractivity contribution in [2.45, 2.75) is 53.9 Å². The molecule has 338 valence electrons. The molecule has 6 aliphatic heterocycles. The third-order valence-electron chi connectivity index (χ3n) is 15.7. The monoisotopic (exact) mass is 916 g/mol. The first-order chi connectivity index (χ1) is 34.4. The maximum atomic E-state index is 7.53. The molecule has 6 nitrogen and oxygen atoms in total. The number of nitrogens with zero attached hydrogens (tertiary/aromatic N) is 2. The zero-order valence-corrected chi connectivity index (χ0v) is 40.8. The van der Waals surface area contributed by atoms with Crippen molar-refractivity contribution in [2.24, 2.45) is 0 Å². The van der Waals surface area contributed by atoms with Crippen LogP contribution in [0.4, 0.5) is 34.1 Å². The molecule has 0 fully saturated rings. The quantitative estimate of drug-likeness (QED) is 0.161. The zero-order chi connectivity index (χ0) is 47.8. The van der Waals surface area contributed by atoms with Crippen molar-refractivity contribution in [1.82, 2.24) is 0 Å². The lowest BCUT2D eigenvalue weighted by Crippen LogP contribution is -2.66. The molecule has 0 saturated carbocycles. The number of aryl methyl sites for hydroxylation is 4. The normalized spacial score (nSPS) is 14.4. The Balaban J connectivity index is 1.11. The highest BCUT2D eigenvalue weighted by atomic mass is 16.5. The van der Waals surface area contributed by atoms with Crippen molar-refractivity contribution < 1.29 is 18.9 Å². The molecule has 0 amide bonds. The molecule has 15 rings (SSSR count). The number of hydrogen-bond donors (Lipinski definition) is 0. The van der Waals surface area contributed by atoms with Crippen LogP contribution in [0.5, 0.6) is 46.0 Å². The number of rotatable bonds is 2. The Bertz CT molecular complexity index is 3810. The molecule has 71 heavy (non-hydrogen) atoms. The lowest BCUT2D eigenvalue weighted by molar-refractivity contribution is 0.464. The molecule has 0 aromatic heterocycles. The minimum absolute atomic E-state index is 0.0978. The van der Waals surface area contributed by atoms with E-state index in [1.807, 2.05) is 6.07 Å². The van der Waals surface area contributed by atoms with Crippen LogP contribution in [0.1, 0.15) is 48.6 Å². The van der Waals surface area contributed by atoms with Gasteiger partial charge in [-0.3, -0.25) is 0 Å². The van der Waals surface area contributed by atoms with Gasteiger partial charge >= 0.3 is 0 Å². The first kappa shape index (κ1) is 40.8. The summed E-state index contributed by atoms with van der Waals surface area (Å²) in [6.45, 7) is 15.3.